The SMILES string of the molecule is NC(Cc1cccc(F)c1)c1ccc(Cl)c2ccccc12. The predicted octanol–water partition coefficient (Wildman–Crippen LogP) is 4.87. The van der Waals surface area contributed by atoms with Crippen molar-refractivity contribution in [3.8, 4) is 0 Å². The van der Waals surface area contributed by atoms with Crippen molar-refractivity contribution < 1.29 is 4.39 Å². The van der Waals surface area contributed by atoms with Gasteiger partial charge in [0.15, 0.2) is 0 Å². The van der Waals surface area contributed by atoms with Gasteiger partial charge < -0.3 is 5.73 Å². The van der Waals surface area contributed by atoms with Crippen molar-refractivity contribution in [2.75, 3.05) is 0 Å². The van der Waals surface area contributed by atoms with Crippen LogP contribution in [0.2, 0.25) is 5.02 Å². The lowest BCUT2D eigenvalue weighted by Crippen LogP contribution is -2.14. The molecule has 1 nitrogen and oxygen atoms in total. The molecule has 0 aliphatic rings. The molecule has 3 aromatic rings. The van der Waals surface area contributed by atoms with Gasteiger partial charge in [0.25, 0.3) is 0 Å². The largest absolute Gasteiger partial charge is 0.324 e. The Morgan fingerprint density at radius 2 is 1.71 bits per heavy atom. The normalized spacial score (nSPS) is 12.5. The third-order valence-corrected chi connectivity index (χ3v) is 3.98. The molecule has 1 unspecified atom stereocenters. The Balaban J connectivity index is 1.98. The molecule has 3 aromatic carbocycles. The third kappa shape index (κ3) is 2.92. The molecule has 0 aliphatic carbocycles. The molecule has 21 heavy (non-hydrogen) atoms. The highest BCUT2D eigenvalue weighted by atomic mass is 35.5. The first-order chi connectivity index (χ1) is 10.1. The quantitative estimate of drug-likeness (QED) is 0.733. The van der Waals surface area contributed by atoms with Crippen LogP contribution in [-0.4, -0.2) is 0 Å². The van der Waals surface area contributed by atoms with Crippen molar-refractivity contribution in [2.45, 2.75) is 12.5 Å². The summed E-state index contributed by atoms with van der Waals surface area (Å²) in [6.45, 7) is 0. The molecule has 0 heterocycles. The van der Waals surface area contributed by atoms with Gasteiger partial charge in [-0.15, -0.1) is 0 Å². The van der Waals surface area contributed by atoms with Gasteiger partial charge in [-0.3, -0.25) is 0 Å². The lowest BCUT2D eigenvalue weighted by Gasteiger charge is -2.15. The second-order valence-electron chi connectivity index (χ2n) is 5.12. The highest BCUT2D eigenvalue weighted by Gasteiger charge is 2.12. The summed E-state index contributed by atoms with van der Waals surface area (Å²) in [6, 6.07) is 18.1. The number of fused-ring (bicyclic) bond motifs is 1. The van der Waals surface area contributed by atoms with Gasteiger partial charge in [-0.05, 0) is 41.1 Å². The van der Waals surface area contributed by atoms with Gasteiger partial charge in [0, 0.05) is 16.5 Å². The number of benzene rings is 3. The first-order valence-corrected chi connectivity index (χ1v) is 7.20. The van der Waals surface area contributed by atoms with Crippen LogP contribution in [0.5, 0.6) is 0 Å². The van der Waals surface area contributed by atoms with Crippen LogP contribution in [0.25, 0.3) is 10.8 Å². The third-order valence-electron chi connectivity index (χ3n) is 3.65. The van der Waals surface area contributed by atoms with Gasteiger partial charge in [0.2, 0.25) is 0 Å². The van der Waals surface area contributed by atoms with E-state index in [9.17, 15) is 4.39 Å². The standard InChI is InChI=1S/C18H15ClFN/c19-17-9-8-16(14-6-1-2-7-15(14)17)18(21)11-12-4-3-5-13(20)10-12/h1-10,18H,11,21H2. The van der Waals surface area contributed by atoms with E-state index in [1.165, 1.54) is 12.1 Å². The molecule has 0 saturated heterocycles. The maximum Gasteiger partial charge on any atom is 0.123 e. The Labute approximate surface area is 128 Å². The number of hydrogen-bond acceptors (Lipinski definition) is 1. The van der Waals surface area contributed by atoms with E-state index in [4.69, 9.17) is 17.3 Å². The lowest BCUT2D eigenvalue weighted by molar-refractivity contribution is 0.622. The zero-order chi connectivity index (χ0) is 14.8. The minimum absolute atomic E-state index is 0.200. The molecule has 0 aliphatic heterocycles. The molecular weight excluding hydrogens is 285 g/mol. The summed E-state index contributed by atoms with van der Waals surface area (Å²) in [6.07, 6.45) is 0.587. The Hall–Kier alpha value is -1.90. The summed E-state index contributed by atoms with van der Waals surface area (Å²) in [4.78, 5) is 0. The zero-order valence-electron chi connectivity index (χ0n) is 11.4. The highest BCUT2D eigenvalue weighted by Crippen LogP contribution is 2.30. The van der Waals surface area contributed by atoms with Crippen molar-refractivity contribution in [3.05, 3.63) is 82.6 Å². The van der Waals surface area contributed by atoms with E-state index in [-0.39, 0.29) is 11.9 Å². The van der Waals surface area contributed by atoms with Gasteiger partial charge in [0.1, 0.15) is 5.82 Å². The molecule has 0 spiro atoms. The topological polar surface area (TPSA) is 26.0 Å². The number of rotatable bonds is 3. The Morgan fingerprint density at radius 1 is 0.952 bits per heavy atom. The van der Waals surface area contributed by atoms with Gasteiger partial charge in [0.05, 0.1) is 0 Å². The van der Waals surface area contributed by atoms with Gasteiger partial charge >= 0.3 is 0 Å². The Bertz CT molecular complexity index is 785. The fraction of sp³-hybridized carbons (Fsp3) is 0.111. The minimum atomic E-state index is -0.235. The van der Waals surface area contributed by atoms with Crippen molar-refractivity contribution in [1.82, 2.24) is 0 Å². The highest BCUT2D eigenvalue weighted by molar-refractivity contribution is 6.35. The number of halogens is 2. The predicted molar refractivity (Wildman–Crippen MR) is 86.0 cm³/mol. The number of nitrogens with two attached hydrogens (primary N) is 1. The molecule has 0 amide bonds. The summed E-state index contributed by atoms with van der Waals surface area (Å²) in [5.74, 6) is -0.235. The van der Waals surface area contributed by atoms with Crippen molar-refractivity contribution >= 4 is 22.4 Å². The van der Waals surface area contributed by atoms with Crippen LogP contribution in [0.3, 0.4) is 0 Å². The van der Waals surface area contributed by atoms with Crippen LogP contribution in [0, 0.1) is 5.82 Å². The molecule has 106 valence electrons. The molecule has 0 aromatic heterocycles. The van der Waals surface area contributed by atoms with E-state index < -0.39 is 0 Å². The van der Waals surface area contributed by atoms with Crippen LogP contribution < -0.4 is 5.73 Å². The smallest absolute Gasteiger partial charge is 0.123 e. The van der Waals surface area contributed by atoms with Crippen molar-refractivity contribution in [3.63, 3.8) is 0 Å². The summed E-state index contributed by atoms with van der Waals surface area (Å²) < 4.78 is 13.3. The van der Waals surface area contributed by atoms with E-state index in [1.807, 2.05) is 42.5 Å². The molecule has 0 bridgehead atoms. The first-order valence-electron chi connectivity index (χ1n) is 6.82. The fourth-order valence-electron chi connectivity index (χ4n) is 2.64. The average molecular weight is 300 g/mol. The van der Waals surface area contributed by atoms with E-state index >= 15 is 0 Å². The summed E-state index contributed by atoms with van der Waals surface area (Å²) in [5, 5.41) is 2.76. The fourth-order valence-corrected chi connectivity index (χ4v) is 2.86. The van der Waals surface area contributed by atoms with E-state index in [0.717, 1.165) is 21.9 Å². The molecule has 3 heteroatoms. The zero-order valence-corrected chi connectivity index (χ0v) is 12.1. The second-order valence-corrected chi connectivity index (χ2v) is 5.53. The van der Waals surface area contributed by atoms with Crippen molar-refractivity contribution in [1.29, 1.82) is 0 Å². The minimum Gasteiger partial charge on any atom is -0.324 e. The molecule has 0 radical (unpaired) electrons. The molecule has 2 N–H and O–H groups in total. The van der Waals surface area contributed by atoms with E-state index in [0.29, 0.717) is 11.4 Å². The lowest BCUT2D eigenvalue weighted by atomic mass is 9.95. The monoisotopic (exact) mass is 299 g/mol. The van der Waals surface area contributed by atoms with Crippen molar-refractivity contribution in [2.24, 2.45) is 5.73 Å². The number of hydrogen-bond donors (Lipinski definition) is 1. The van der Waals surface area contributed by atoms with Crippen LogP contribution in [0.4, 0.5) is 4.39 Å². The molecule has 0 fully saturated rings. The van der Waals surface area contributed by atoms with Crippen LogP contribution >= 0.6 is 11.6 Å². The average Bonchev–Trinajstić information content (AvgIpc) is 2.48. The van der Waals surface area contributed by atoms with Crippen LogP contribution in [0.15, 0.2) is 60.7 Å². The molecule has 1 atom stereocenters. The Kier molecular flexibility index (Phi) is 3.91. The van der Waals surface area contributed by atoms with Crippen LogP contribution in [0.1, 0.15) is 17.2 Å². The molecular formula is C18H15ClFN. The van der Waals surface area contributed by atoms with Gasteiger partial charge in [-0.2, -0.15) is 0 Å². The molecule has 3 rings (SSSR count). The molecule has 0 saturated carbocycles. The van der Waals surface area contributed by atoms with Gasteiger partial charge in [-0.1, -0.05) is 54.1 Å². The summed E-state index contributed by atoms with van der Waals surface area (Å²) in [7, 11) is 0. The van der Waals surface area contributed by atoms with E-state index in [1.54, 1.807) is 6.07 Å². The second kappa shape index (κ2) is 5.84. The maximum absolute atomic E-state index is 13.3. The van der Waals surface area contributed by atoms with Gasteiger partial charge in [-0.25, -0.2) is 4.39 Å². The Morgan fingerprint density at radius 3 is 2.48 bits per heavy atom. The maximum atomic E-state index is 13.3. The van der Waals surface area contributed by atoms with Crippen LogP contribution in [-0.2, 0) is 6.42 Å². The first kappa shape index (κ1) is 14.1. The summed E-state index contributed by atoms with van der Waals surface area (Å²) >= 11 is 6.22. The van der Waals surface area contributed by atoms with E-state index in [2.05, 4.69) is 0 Å². The summed E-state index contributed by atoms with van der Waals surface area (Å²) in [5.41, 5.74) is 8.25.